The van der Waals surface area contributed by atoms with Crippen molar-refractivity contribution in [3.63, 3.8) is 0 Å². The van der Waals surface area contributed by atoms with Crippen molar-refractivity contribution in [2.24, 2.45) is 0 Å². The predicted octanol–water partition coefficient (Wildman–Crippen LogP) is 5.46. The van der Waals surface area contributed by atoms with Crippen LogP contribution in [-0.2, 0) is 17.6 Å². The number of aryl methyl sites for hydroxylation is 1. The topological polar surface area (TPSA) is 53.1 Å². The fourth-order valence-corrected chi connectivity index (χ4v) is 3.25. The predicted molar refractivity (Wildman–Crippen MR) is 98.7 cm³/mol. The molecule has 1 aromatic heterocycles. The third kappa shape index (κ3) is 3.46. The summed E-state index contributed by atoms with van der Waals surface area (Å²) < 4.78 is 0. The van der Waals surface area contributed by atoms with Crippen LogP contribution in [0, 0.1) is 0 Å². The Hall–Kier alpha value is -2.26. The summed E-state index contributed by atoms with van der Waals surface area (Å²) in [5.41, 5.74) is 4.76. The molecule has 0 aliphatic carbocycles. The van der Waals surface area contributed by atoms with E-state index in [1.165, 1.54) is 5.56 Å². The molecule has 0 spiro atoms. The molecular weight excluding hydrogens is 322 g/mol. The number of nitrogens with one attached hydrogen (secondary N) is 1. The highest BCUT2D eigenvalue weighted by molar-refractivity contribution is 6.30. The van der Waals surface area contributed by atoms with Gasteiger partial charge in [-0.05, 0) is 53.8 Å². The zero-order chi connectivity index (χ0) is 17.1. The second-order valence-corrected chi connectivity index (χ2v) is 6.48. The summed E-state index contributed by atoms with van der Waals surface area (Å²) in [6.07, 6.45) is 3.27. The number of aromatic amines is 1. The average Bonchev–Trinajstić information content (AvgIpc) is 2.90. The van der Waals surface area contributed by atoms with Crippen molar-refractivity contribution in [2.45, 2.75) is 32.6 Å². The van der Waals surface area contributed by atoms with Gasteiger partial charge in [0.05, 0.1) is 12.1 Å². The number of rotatable bonds is 6. The number of benzene rings is 2. The zero-order valence-corrected chi connectivity index (χ0v) is 14.4. The summed E-state index contributed by atoms with van der Waals surface area (Å²) in [7, 11) is 0. The fraction of sp³-hybridized carbons (Fsp3) is 0.250. The van der Waals surface area contributed by atoms with E-state index in [2.05, 4.69) is 24.0 Å². The molecule has 0 saturated heterocycles. The van der Waals surface area contributed by atoms with E-state index in [9.17, 15) is 9.90 Å². The first kappa shape index (κ1) is 16.6. The Morgan fingerprint density at radius 1 is 1.21 bits per heavy atom. The number of carbonyl (C=O) groups is 1. The highest BCUT2D eigenvalue weighted by atomic mass is 35.5. The maximum Gasteiger partial charge on any atom is 0.307 e. The van der Waals surface area contributed by atoms with Crippen molar-refractivity contribution in [1.29, 1.82) is 0 Å². The standard InChI is InChI=1S/C20H20ClNO2/c1-2-3-5-13-8-9-18-16(10-13)17(12-19(23)24)20(22-18)14-6-4-7-15(21)11-14/h4,6-11,22H,2-3,5,12H2,1H3,(H,23,24). The Labute approximate surface area is 146 Å². The Balaban J connectivity index is 2.15. The number of aliphatic carboxylic acids is 1. The number of hydrogen-bond acceptors (Lipinski definition) is 1. The molecule has 0 fully saturated rings. The van der Waals surface area contributed by atoms with Gasteiger partial charge in [0.1, 0.15) is 0 Å². The number of carboxylic acids is 1. The molecule has 2 N–H and O–H groups in total. The lowest BCUT2D eigenvalue weighted by molar-refractivity contribution is -0.136. The molecule has 0 radical (unpaired) electrons. The Morgan fingerprint density at radius 3 is 2.75 bits per heavy atom. The third-order valence-corrected chi connectivity index (χ3v) is 4.47. The summed E-state index contributed by atoms with van der Waals surface area (Å²) in [6, 6.07) is 13.8. The van der Waals surface area contributed by atoms with Crippen molar-refractivity contribution in [3.05, 3.63) is 58.6 Å². The van der Waals surface area contributed by atoms with Crippen LogP contribution in [0.25, 0.3) is 22.2 Å². The molecule has 3 nitrogen and oxygen atoms in total. The SMILES string of the molecule is CCCCc1ccc2[nH]c(-c3cccc(Cl)c3)c(CC(=O)O)c2c1. The molecule has 0 aliphatic heterocycles. The number of halogens is 1. The van der Waals surface area contributed by atoms with Crippen LogP contribution < -0.4 is 0 Å². The number of fused-ring (bicyclic) bond motifs is 1. The molecule has 0 unspecified atom stereocenters. The van der Waals surface area contributed by atoms with E-state index < -0.39 is 5.97 Å². The quantitative estimate of drug-likeness (QED) is 0.625. The summed E-state index contributed by atoms with van der Waals surface area (Å²) in [6.45, 7) is 2.17. The Kier molecular flexibility index (Phi) is 4.91. The van der Waals surface area contributed by atoms with Crippen molar-refractivity contribution in [2.75, 3.05) is 0 Å². The van der Waals surface area contributed by atoms with Gasteiger partial charge in [0.2, 0.25) is 0 Å². The Bertz CT molecular complexity index is 882. The van der Waals surface area contributed by atoms with Gasteiger partial charge in [-0.2, -0.15) is 0 Å². The zero-order valence-electron chi connectivity index (χ0n) is 13.6. The summed E-state index contributed by atoms with van der Waals surface area (Å²) in [5, 5.41) is 11.0. The van der Waals surface area contributed by atoms with Gasteiger partial charge in [-0.25, -0.2) is 0 Å². The number of aromatic nitrogens is 1. The maximum atomic E-state index is 11.4. The normalized spacial score (nSPS) is 11.1. The number of unbranched alkanes of at least 4 members (excludes halogenated alkanes) is 1. The van der Waals surface area contributed by atoms with E-state index >= 15 is 0 Å². The molecule has 0 amide bonds. The van der Waals surface area contributed by atoms with E-state index in [1.807, 2.05) is 30.3 Å². The van der Waals surface area contributed by atoms with Crippen LogP contribution in [0.3, 0.4) is 0 Å². The van der Waals surface area contributed by atoms with Crippen LogP contribution in [0.2, 0.25) is 5.02 Å². The van der Waals surface area contributed by atoms with Crippen LogP contribution in [0.15, 0.2) is 42.5 Å². The lowest BCUT2D eigenvalue weighted by Crippen LogP contribution is -2.01. The minimum absolute atomic E-state index is 0.0148. The summed E-state index contributed by atoms with van der Waals surface area (Å²) >= 11 is 6.10. The Morgan fingerprint density at radius 2 is 2.04 bits per heavy atom. The first-order chi connectivity index (χ1) is 11.6. The molecule has 3 aromatic rings. The second kappa shape index (κ2) is 7.10. The maximum absolute atomic E-state index is 11.4. The van der Waals surface area contributed by atoms with Crippen LogP contribution in [0.5, 0.6) is 0 Å². The van der Waals surface area contributed by atoms with Crippen LogP contribution in [0.1, 0.15) is 30.9 Å². The van der Waals surface area contributed by atoms with E-state index in [0.29, 0.717) is 5.02 Å². The van der Waals surface area contributed by atoms with E-state index in [1.54, 1.807) is 0 Å². The highest BCUT2D eigenvalue weighted by Crippen LogP contribution is 2.32. The van der Waals surface area contributed by atoms with Crippen LogP contribution >= 0.6 is 11.6 Å². The lowest BCUT2D eigenvalue weighted by atomic mass is 10.00. The molecule has 0 bridgehead atoms. The second-order valence-electron chi connectivity index (χ2n) is 6.04. The van der Waals surface area contributed by atoms with Crippen molar-refractivity contribution >= 4 is 28.5 Å². The largest absolute Gasteiger partial charge is 0.481 e. The fourth-order valence-electron chi connectivity index (χ4n) is 3.06. The smallest absolute Gasteiger partial charge is 0.307 e. The first-order valence-electron chi connectivity index (χ1n) is 8.19. The lowest BCUT2D eigenvalue weighted by Gasteiger charge is -2.04. The number of hydrogen-bond donors (Lipinski definition) is 2. The van der Waals surface area contributed by atoms with Gasteiger partial charge >= 0.3 is 5.97 Å². The molecule has 124 valence electrons. The van der Waals surface area contributed by atoms with E-state index in [0.717, 1.165) is 47.0 Å². The monoisotopic (exact) mass is 341 g/mol. The molecule has 0 saturated carbocycles. The van der Waals surface area contributed by atoms with E-state index in [4.69, 9.17) is 11.6 Å². The van der Waals surface area contributed by atoms with Gasteiger partial charge in [0, 0.05) is 15.9 Å². The summed E-state index contributed by atoms with van der Waals surface area (Å²) in [5.74, 6) is -0.835. The molecular formula is C20H20ClNO2. The molecule has 3 rings (SSSR count). The van der Waals surface area contributed by atoms with Gasteiger partial charge in [-0.3, -0.25) is 4.79 Å². The van der Waals surface area contributed by atoms with Gasteiger partial charge in [-0.1, -0.05) is 43.1 Å². The van der Waals surface area contributed by atoms with Crippen molar-refractivity contribution < 1.29 is 9.90 Å². The highest BCUT2D eigenvalue weighted by Gasteiger charge is 2.16. The van der Waals surface area contributed by atoms with Gasteiger partial charge in [0.15, 0.2) is 0 Å². The third-order valence-electron chi connectivity index (χ3n) is 4.23. The van der Waals surface area contributed by atoms with Gasteiger partial charge in [-0.15, -0.1) is 0 Å². The first-order valence-corrected chi connectivity index (χ1v) is 8.57. The summed E-state index contributed by atoms with van der Waals surface area (Å²) in [4.78, 5) is 14.8. The minimum atomic E-state index is -0.835. The van der Waals surface area contributed by atoms with Gasteiger partial charge < -0.3 is 10.1 Å². The number of H-pyrrole nitrogens is 1. The average molecular weight is 342 g/mol. The van der Waals surface area contributed by atoms with Crippen molar-refractivity contribution in [3.8, 4) is 11.3 Å². The molecule has 2 aromatic carbocycles. The molecule has 1 heterocycles. The van der Waals surface area contributed by atoms with E-state index in [-0.39, 0.29) is 6.42 Å². The van der Waals surface area contributed by atoms with Crippen molar-refractivity contribution in [1.82, 2.24) is 4.98 Å². The molecule has 4 heteroatoms. The number of carboxylic acid groups (broad SMARTS) is 1. The van der Waals surface area contributed by atoms with Gasteiger partial charge in [0.25, 0.3) is 0 Å². The molecule has 0 aliphatic rings. The molecule has 24 heavy (non-hydrogen) atoms. The van der Waals surface area contributed by atoms with Crippen LogP contribution in [0.4, 0.5) is 0 Å². The minimum Gasteiger partial charge on any atom is -0.481 e. The van der Waals surface area contributed by atoms with Crippen LogP contribution in [-0.4, -0.2) is 16.1 Å². The molecule has 0 atom stereocenters.